The van der Waals surface area contributed by atoms with Crippen LogP contribution < -0.4 is 4.74 Å². The number of aryl methyl sites for hydroxylation is 1. The lowest BCUT2D eigenvalue weighted by molar-refractivity contribution is 0.307. The number of ether oxygens (including phenoxy) is 1. The van der Waals surface area contributed by atoms with E-state index in [1.165, 1.54) is 6.42 Å². The maximum Gasteiger partial charge on any atom is 0.121 e. The van der Waals surface area contributed by atoms with E-state index in [0.717, 1.165) is 35.8 Å². The molecule has 88 valence electrons. The van der Waals surface area contributed by atoms with Crippen LogP contribution >= 0.6 is 11.6 Å². The van der Waals surface area contributed by atoms with Gasteiger partial charge in [0.2, 0.25) is 0 Å². The molecule has 0 unspecified atom stereocenters. The maximum absolute atomic E-state index is 5.94. The molecule has 0 bridgehead atoms. The van der Waals surface area contributed by atoms with Gasteiger partial charge in [-0.05, 0) is 56.9 Å². The normalized spacial score (nSPS) is 10.9. The maximum atomic E-state index is 5.94. The molecule has 0 fully saturated rings. The van der Waals surface area contributed by atoms with E-state index < -0.39 is 0 Å². The van der Waals surface area contributed by atoms with Crippen molar-refractivity contribution in [1.29, 1.82) is 0 Å². The van der Waals surface area contributed by atoms with E-state index in [2.05, 4.69) is 12.2 Å². The predicted molar refractivity (Wildman–Crippen MR) is 70.3 cm³/mol. The van der Waals surface area contributed by atoms with Crippen LogP contribution in [0.3, 0.4) is 0 Å². The van der Waals surface area contributed by atoms with Gasteiger partial charge < -0.3 is 4.74 Å². The van der Waals surface area contributed by atoms with Gasteiger partial charge in [-0.15, -0.1) is 0 Å². The molecule has 2 heteroatoms. The minimum absolute atomic E-state index is 0.740. The Kier molecular flexibility index (Phi) is 6.02. The van der Waals surface area contributed by atoms with Gasteiger partial charge in [0.15, 0.2) is 0 Å². The summed E-state index contributed by atoms with van der Waals surface area (Å²) in [6, 6.07) is 5.80. The molecule has 0 atom stereocenters. The molecule has 1 aromatic carbocycles. The summed E-state index contributed by atoms with van der Waals surface area (Å²) in [7, 11) is 0. The molecule has 0 aliphatic rings. The first-order valence-electron chi connectivity index (χ1n) is 5.73. The molecule has 0 saturated heterocycles. The minimum Gasteiger partial charge on any atom is -0.494 e. The summed E-state index contributed by atoms with van der Waals surface area (Å²) >= 11 is 5.94. The van der Waals surface area contributed by atoms with Gasteiger partial charge in [-0.1, -0.05) is 23.8 Å². The second-order valence-corrected chi connectivity index (χ2v) is 4.31. The zero-order valence-corrected chi connectivity index (χ0v) is 10.8. The lowest BCUT2D eigenvalue weighted by atomic mass is 10.2. The molecule has 0 N–H and O–H groups in total. The highest BCUT2D eigenvalue weighted by Gasteiger charge is 1.97. The van der Waals surface area contributed by atoms with Gasteiger partial charge in [0.25, 0.3) is 0 Å². The Morgan fingerprint density at radius 3 is 2.75 bits per heavy atom. The summed E-state index contributed by atoms with van der Waals surface area (Å²) in [6.07, 6.45) is 7.65. The number of halogens is 1. The van der Waals surface area contributed by atoms with Crippen molar-refractivity contribution in [3.63, 3.8) is 0 Å². The molecule has 0 saturated carbocycles. The number of benzene rings is 1. The molecule has 0 amide bonds. The van der Waals surface area contributed by atoms with Gasteiger partial charge >= 0.3 is 0 Å². The van der Waals surface area contributed by atoms with E-state index in [1.54, 1.807) is 0 Å². The van der Waals surface area contributed by atoms with Crippen molar-refractivity contribution in [1.82, 2.24) is 0 Å². The molecule has 1 rings (SSSR count). The number of rotatable bonds is 6. The van der Waals surface area contributed by atoms with E-state index >= 15 is 0 Å². The van der Waals surface area contributed by atoms with Crippen LogP contribution in [-0.2, 0) is 0 Å². The van der Waals surface area contributed by atoms with Crippen LogP contribution in [-0.4, -0.2) is 6.61 Å². The first-order valence-corrected chi connectivity index (χ1v) is 6.11. The molecule has 1 nitrogen and oxygen atoms in total. The van der Waals surface area contributed by atoms with Crippen LogP contribution in [0, 0.1) is 6.92 Å². The van der Waals surface area contributed by atoms with E-state index in [9.17, 15) is 0 Å². The van der Waals surface area contributed by atoms with Gasteiger partial charge in [0.05, 0.1) is 6.61 Å². The lowest BCUT2D eigenvalue weighted by Gasteiger charge is -2.07. The van der Waals surface area contributed by atoms with Crippen molar-refractivity contribution in [2.75, 3.05) is 6.61 Å². The van der Waals surface area contributed by atoms with Crippen molar-refractivity contribution in [2.24, 2.45) is 0 Å². The number of unbranched alkanes of at least 4 members (excludes halogenated alkanes) is 2. The largest absolute Gasteiger partial charge is 0.494 e. The fourth-order valence-electron chi connectivity index (χ4n) is 1.51. The quantitative estimate of drug-likeness (QED) is 0.512. The summed E-state index contributed by atoms with van der Waals surface area (Å²) in [5.41, 5.74) is 1.14. The van der Waals surface area contributed by atoms with Crippen LogP contribution in [0.4, 0.5) is 0 Å². The average Bonchev–Trinajstić information content (AvgIpc) is 2.22. The Morgan fingerprint density at radius 2 is 2.06 bits per heavy atom. The molecule has 0 spiro atoms. The molecule has 0 aromatic heterocycles. The van der Waals surface area contributed by atoms with Crippen molar-refractivity contribution in [3.05, 3.63) is 40.9 Å². The second kappa shape index (κ2) is 7.34. The lowest BCUT2D eigenvalue weighted by Crippen LogP contribution is -1.97. The highest BCUT2D eigenvalue weighted by molar-refractivity contribution is 6.30. The van der Waals surface area contributed by atoms with Crippen molar-refractivity contribution < 1.29 is 4.74 Å². The topological polar surface area (TPSA) is 9.23 Å². The smallest absolute Gasteiger partial charge is 0.121 e. The van der Waals surface area contributed by atoms with Crippen molar-refractivity contribution >= 4 is 11.6 Å². The van der Waals surface area contributed by atoms with Crippen molar-refractivity contribution in [2.45, 2.75) is 33.1 Å². The fourth-order valence-corrected chi connectivity index (χ4v) is 1.79. The second-order valence-electron chi connectivity index (χ2n) is 3.88. The Labute approximate surface area is 103 Å². The predicted octanol–water partition coefficient (Wildman–Crippen LogP) is 4.77. The highest BCUT2D eigenvalue weighted by atomic mass is 35.5. The summed E-state index contributed by atoms with van der Waals surface area (Å²) in [4.78, 5) is 0. The molecule has 0 aliphatic heterocycles. The number of hydrogen-bond donors (Lipinski definition) is 0. The average molecular weight is 239 g/mol. The minimum atomic E-state index is 0.740. The molecular weight excluding hydrogens is 220 g/mol. The fraction of sp³-hybridized carbons (Fsp3) is 0.429. The highest BCUT2D eigenvalue weighted by Crippen LogP contribution is 2.20. The molecule has 0 aliphatic carbocycles. The molecular formula is C14H19ClO. The van der Waals surface area contributed by atoms with Gasteiger partial charge in [0.1, 0.15) is 5.75 Å². The van der Waals surface area contributed by atoms with Gasteiger partial charge in [-0.2, -0.15) is 0 Å². The van der Waals surface area contributed by atoms with Crippen LogP contribution in [0.1, 0.15) is 31.7 Å². The first kappa shape index (κ1) is 13.1. The SMILES string of the molecule is C/C=C/CCCCOc1cc(C)cc(Cl)c1. The van der Waals surface area contributed by atoms with E-state index in [4.69, 9.17) is 16.3 Å². The van der Waals surface area contributed by atoms with E-state index in [1.807, 2.05) is 32.0 Å². The zero-order chi connectivity index (χ0) is 11.8. The van der Waals surface area contributed by atoms with Crippen LogP contribution in [0.2, 0.25) is 5.02 Å². The zero-order valence-electron chi connectivity index (χ0n) is 10.0. The third-order valence-electron chi connectivity index (χ3n) is 2.29. The molecule has 16 heavy (non-hydrogen) atoms. The van der Waals surface area contributed by atoms with E-state index in [0.29, 0.717) is 0 Å². The summed E-state index contributed by atoms with van der Waals surface area (Å²) in [5, 5.41) is 0.740. The van der Waals surface area contributed by atoms with Crippen LogP contribution in [0.25, 0.3) is 0 Å². The standard InChI is InChI=1S/C14H19ClO/c1-3-4-5-6-7-8-16-14-10-12(2)9-13(15)11-14/h3-4,9-11H,5-8H2,1-2H3/b4-3+. The van der Waals surface area contributed by atoms with Gasteiger partial charge in [0, 0.05) is 5.02 Å². The number of hydrogen-bond acceptors (Lipinski definition) is 1. The number of allylic oxidation sites excluding steroid dienone is 2. The monoisotopic (exact) mass is 238 g/mol. The Bertz CT molecular complexity index is 324. The Morgan fingerprint density at radius 1 is 1.25 bits per heavy atom. The third-order valence-corrected chi connectivity index (χ3v) is 2.50. The summed E-state index contributed by atoms with van der Waals surface area (Å²) in [6.45, 7) is 4.83. The first-order chi connectivity index (χ1) is 7.72. The Hall–Kier alpha value is -0.950. The van der Waals surface area contributed by atoms with Gasteiger partial charge in [-0.25, -0.2) is 0 Å². The van der Waals surface area contributed by atoms with Gasteiger partial charge in [-0.3, -0.25) is 0 Å². The van der Waals surface area contributed by atoms with Crippen molar-refractivity contribution in [3.8, 4) is 5.75 Å². The van der Waals surface area contributed by atoms with Crippen LogP contribution in [0.15, 0.2) is 30.4 Å². The summed E-state index contributed by atoms with van der Waals surface area (Å²) in [5.74, 6) is 0.871. The molecule has 0 heterocycles. The molecule has 0 radical (unpaired) electrons. The summed E-state index contributed by atoms with van der Waals surface area (Å²) < 4.78 is 5.64. The molecule has 1 aromatic rings. The Balaban J connectivity index is 2.26. The van der Waals surface area contributed by atoms with Crippen LogP contribution in [0.5, 0.6) is 5.75 Å². The third kappa shape index (κ3) is 5.22. The van der Waals surface area contributed by atoms with E-state index in [-0.39, 0.29) is 0 Å².